The summed E-state index contributed by atoms with van der Waals surface area (Å²) in [5, 5.41) is 0. The average molecular weight is 751 g/mol. The Balaban J connectivity index is 1.20. The highest BCUT2D eigenvalue weighted by atomic mass is 16.5. The molecule has 0 unspecified atom stereocenters. The van der Waals surface area contributed by atoms with Crippen LogP contribution < -0.4 is 42.8 Å². The van der Waals surface area contributed by atoms with E-state index < -0.39 is 0 Å². The summed E-state index contributed by atoms with van der Waals surface area (Å²) in [6.45, 7) is 3.34. The van der Waals surface area contributed by atoms with Crippen molar-refractivity contribution in [1.82, 2.24) is 14.9 Å². The second-order valence-corrected chi connectivity index (χ2v) is 13.1. The molecule has 1 aliphatic heterocycles. The van der Waals surface area contributed by atoms with E-state index in [-0.39, 0.29) is 6.04 Å². The van der Waals surface area contributed by atoms with Gasteiger partial charge in [0.05, 0.1) is 68.3 Å². The zero-order valence-corrected chi connectivity index (χ0v) is 32.9. The Bertz CT molecular complexity index is 1980. The molecule has 0 aliphatic carbocycles. The maximum absolute atomic E-state index is 5.68. The van der Waals surface area contributed by atoms with E-state index in [1.54, 1.807) is 56.9 Å². The van der Waals surface area contributed by atoms with Gasteiger partial charge >= 0.3 is 0 Å². The van der Waals surface area contributed by atoms with Gasteiger partial charge in [0, 0.05) is 79.6 Å². The number of aromatic nitrogens is 2. The van der Waals surface area contributed by atoms with Crippen LogP contribution in [0, 0.1) is 0 Å². The molecule has 0 N–H and O–H groups in total. The standard InChI is InChI=1S/C43H50N4O8/c1-48-34-22-33(23-35(24-34)49-2)47(27-29-9-10-36(45-25-29)30-18-38(50-3)42(54-7)39(19-30)51-4)32-12-15-46(16-13-32)26-28-11-14-44-37(17-28)31-20-40(52-5)43(55-8)41(21-31)53-6/h9-11,14,17-25,32H,12-13,15-16,26-27H2,1-8H3. The molecule has 12 nitrogen and oxygen atoms in total. The summed E-state index contributed by atoms with van der Waals surface area (Å²) in [6, 6.07) is 22.4. The van der Waals surface area contributed by atoms with Crippen LogP contribution in [0.5, 0.6) is 46.0 Å². The SMILES string of the molecule is COc1cc(OC)cc(N(Cc2ccc(-c3cc(OC)c(OC)c(OC)c3)nc2)C2CCN(Cc3ccnc(-c4cc(OC)c(OC)c(OC)c4)c3)CC2)c1. The second kappa shape index (κ2) is 18.0. The van der Waals surface area contributed by atoms with Crippen LogP contribution in [0.15, 0.2) is 79.1 Å². The Kier molecular flexibility index (Phi) is 12.7. The average Bonchev–Trinajstić information content (AvgIpc) is 3.24. The van der Waals surface area contributed by atoms with Gasteiger partial charge in [0.2, 0.25) is 11.5 Å². The summed E-state index contributed by atoms with van der Waals surface area (Å²) in [4.78, 5) is 14.5. The van der Waals surface area contributed by atoms with Gasteiger partial charge < -0.3 is 42.8 Å². The molecule has 55 heavy (non-hydrogen) atoms. The minimum atomic E-state index is 0.273. The first-order valence-corrected chi connectivity index (χ1v) is 18.1. The molecule has 12 heteroatoms. The Morgan fingerprint density at radius 2 is 1.11 bits per heavy atom. The number of likely N-dealkylation sites (tertiary alicyclic amines) is 1. The first kappa shape index (κ1) is 38.8. The Morgan fingerprint density at radius 3 is 1.58 bits per heavy atom. The molecule has 0 amide bonds. The van der Waals surface area contributed by atoms with Crippen molar-refractivity contribution in [3.63, 3.8) is 0 Å². The second-order valence-electron chi connectivity index (χ2n) is 13.1. The first-order valence-electron chi connectivity index (χ1n) is 18.1. The third kappa shape index (κ3) is 8.76. The van der Waals surface area contributed by atoms with Gasteiger partial charge in [0.1, 0.15) is 11.5 Å². The maximum Gasteiger partial charge on any atom is 0.203 e. The summed E-state index contributed by atoms with van der Waals surface area (Å²) in [5.74, 6) is 4.93. The van der Waals surface area contributed by atoms with Crippen LogP contribution in [-0.4, -0.2) is 90.9 Å². The fourth-order valence-corrected chi connectivity index (χ4v) is 7.11. The zero-order chi connectivity index (χ0) is 38.9. The van der Waals surface area contributed by atoms with E-state index in [1.807, 2.05) is 48.8 Å². The number of hydrogen-bond acceptors (Lipinski definition) is 12. The lowest BCUT2D eigenvalue weighted by Gasteiger charge is -2.40. The van der Waals surface area contributed by atoms with Crippen molar-refractivity contribution in [2.45, 2.75) is 32.0 Å². The van der Waals surface area contributed by atoms with Gasteiger partial charge in [-0.2, -0.15) is 0 Å². The Morgan fingerprint density at radius 1 is 0.564 bits per heavy atom. The lowest BCUT2D eigenvalue weighted by atomic mass is 10.00. The Labute approximate surface area is 323 Å². The summed E-state index contributed by atoms with van der Waals surface area (Å²) >= 11 is 0. The molecule has 0 atom stereocenters. The molecule has 1 aliphatic rings. The quantitative estimate of drug-likeness (QED) is 0.0995. The van der Waals surface area contributed by atoms with E-state index in [4.69, 9.17) is 42.9 Å². The highest BCUT2D eigenvalue weighted by molar-refractivity contribution is 5.70. The predicted molar refractivity (Wildman–Crippen MR) is 213 cm³/mol. The van der Waals surface area contributed by atoms with E-state index in [0.717, 1.165) is 77.7 Å². The van der Waals surface area contributed by atoms with E-state index >= 15 is 0 Å². The van der Waals surface area contributed by atoms with Gasteiger partial charge in [0.25, 0.3) is 0 Å². The number of rotatable bonds is 16. The van der Waals surface area contributed by atoms with Crippen molar-refractivity contribution < 1.29 is 37.9 Å². The van der Waals surface area contributed by atoms with Crippen molar-refractivity contribution >= 4 is 5.69 Å². The number of hydrogen-bond donors (Lipinski definition) is 0. The molecule has 0 radical (unpaired) electrons. The molecular formula is C43H50N4O8. The molecule has 6 rings (SSSR count). The number of anilines is 1. The molecule has 0 spiro atoms. The minimum absolute atomic E-state index is 0.273. The van der Waals surface area contributed by atoms with Gasteiger partial charge in [-0.25, -0.2) is 0 Å². The van der Waals surface area contributed by atoms with Crippen molar-refractivity contribution in [1.29, 1.82) is 0 Å². The predicted octanol–water partition coefficient (Wildman–Crippen LogP) is 7.55. The maximum atomic E-state index is 5.68. The van der Waals surface area contributed by atoms with Gasteiger partial charge in [-0.3, -0.25) is 14.9 Å². The smallest absolute Gasteiger partial charge is 0.203 e. The molecular weight excluding hydrogens is 700 g/mol. The number of benzene rings is 3. The topological polar surface area (TPSA) is 106 Å². The fraction of sp³-hybridized carbons (Fsp3) is 0.349. The van der Waals surface area contributed by atoms with Gasteiger partial charge in [-0.05, 0) is 66.4 Å². The van der Waals surface area contributed by atoms with E-state index in [9.17, 15) is 0 Å². The molecule has 3 heterocycles. The van der Waals surface area contributed by atoms with Crippen LogP contribution in [-0.2, 0) is 13.1 Å². The molecule has 0 saturated carbocycles. The molecule has 5 aromatic rings. The minimum Gasteiger partial charge on any atom is -0.497 e. The molecule has 0 bridgehead atoms. The van der Waals surface area contributed by atoms with Crippen molar-refractivity contribution in [3.05, 3.63) is 90.3 Å². The van der Waals surface area contributed by atoms with Crippen molar-refractivity contribution in [2.75, 3.05) is 74.9 Å². The number of methoxy groups -OCH3 is 8. The molecule has 2 aromatic heterocycles. The summed E-state index contributed by atoms with van der Waals surface area (Å²) in [5.41, 5.74) is 6.71. The monoisotopic (exact) mass is 750 g/mol. The van der Waals surface area contributed by atoms with Crippen LogP contribution in [0.2, 0.25) is 0 Å². The van der Waals surface area contributed by atoms with Crippen molar-refractivity contribution in [2.24, 2.45) is 0 Å². The summed E-state index contributed by atoms with van der Waals surface area (Å²) in [7, 11) is 13.0. The normalized spacial score (nSPS) is 13.2. The molecule has 290 valence electrons. The lowest BCUT2D eigenvalue weighted by Crippen LogP contribution is -2.44. The third-order valence-corrected chi connectivity index (χ3v) is 9.99. The van der Waals surface area contributed by atoms with E-state index in [2.05, 4.69) is 45.1 Å². The number of piperidine rings is 1. The van der Waals surface area contributed by atoms with Gasteiger partial charge in [-0.1, -0.05) is 6.07 Å². The summed E-state index contributed by atoms with van der Waals surface area (Å²) < 4.78 is 44.7. The van der Waals surface area contributed by atoms with Crippen LogP contribution in [0.4, 0.5) is 5.69 Å². The first-order chi connectivity index (χ1) is 26.8. The number of pyridine rings is 2. The Hall–Kier alpha value is -5.88. The number of ether oxygens (including phenoxy) is 8. The lowest BCUT2D eigenvalue weighted by molar-refractivity contribution is 0.201. The zero-order valence-electron chi connectivity index (χ0n) is 32.9. The van der Waals surface area contributed by atoms with Gasteiger partial charge in [-0.15, -0.1) is 0 Å². The number of nitrogens with zero attached hydrogens (tertiary/aromatic N) is 4. The van der Waals surface area contributed by atoms with Crippen LogP contribution >= 0.6 is 0 Å². The van der Waals surface area contributed by atoms with Crippen LogP contribution in [0.1, 0.15) is 24.0 Å². The highest BCUT2D eigenvalue weighted by Gasteiger charge is 2.27. The van der Waals surface area contributed by atoms with Crippen molar-refractivity contribution in [3.8, 4) is 68.5 Å². The largest absolute Gasteiger partial charge is 0.497 e. The van der Waals surface area contributed by atoms with E-state index in [0.29, 0.717) is 41.0 Å². The third-order valence-electron chi connectivity index (χ3n) is 9.99. The molecule has 3 aromatic carbocycles. The van der Waals surface area contributed by atoms with Crippen LogP contribution in [0.25, 0.3) is 22.5 Å². The highest BCUT2D eigenvalue weighted by Crippen LogP contribution is 2.42. The van der Waals surface area contributed by atoms with Crippen LogP contribution in [0.3, 0.4) is 0 Å². The van der Waals surface area contributed by atoms with E-state index in [1.165, 1.54) is 5.56 Å². The molecule has 1 saturated heterocycles. The molecule has 1 fully saturated rings. The fourth-order valence-electron chi connectivity index (χ4n) is 7.11. The summed E-state index contributed by atoms with van der Waals surface area (Å²) in [6.07, 6.45) is 5.75. The van der Waals surface area contributed by atoms with Gasteiger partial charge in [0.15, 0.2) is 23.0 Å².